The van der Waals surface area contributed by atoms with E-state index in [9.17, 15) is 4.79 Å². The summed E-state index contributed by atoms with van der Waals surface area (Å²) in [4.78, 5) is 13.8. The lowest BCUT2D eigenvalue weighted by Crippen LogP contribution is -2.42. The zero-order valence-electron chi connectivity index (χ0n) is 10.5. The van der Waals surface area contributed by atoms with Crippen LogP contribution in [-0.4, -0.2) is 50.7 Å². The molecular weight excluding hydrogens is 204 g/mol. The number of nitrogens with one attached hydrogen (secondary N) is 1. The fourth-order valence-electron chi connectivity index (χ4n) is 1.88. The number of nitrogens with zero attached hydrogens (tertiary/aromatic N) is 1. The van der Waals surface area contributed by atoms with Gasteiger partial charge in [-0.1, -0.05) is 6.42 Å². The first-order chi connectivity index (χ1) is 7.77. The number of carbonyl (C=O) groups excluding carboxylic acids is 1. The Morgan fingerprint density at radius 3 is 2.75 bits per heavy atom. The summed E-state index contributed by atoms with van der Waals surface area (Å²) in [6.07, 6.45) is 3.92. The SMILES string of the molecule is CCN(CC1CCC1)C(=O)CNCCOC. The molecule has 1 rings (SSSR count). The molecular formula is C12H24N2O2. The van der Waals surface area contributed by atoms with Gasteiger partial charge in [0, 0.05) is 26.7 Å². The quantitative estimate of drug-likeness (QED) is 0.627. The Balaban J connectivity index is 2.14. The Bertz CT molecular complexity index is 205. The van der Waals surface area contributed by atoms with Crippen LogP contribution in [0.3, 0.4) is 0 Å². The molecule has 0 bridgehead atoms. The number of hydrogen-bond acceptors (Lipinski definition) is 3. The number of amides is 1. The minimum Gasteiger partial charge on any atom is -0.383 e. The van der Waals surface area contributed by atoms with Crippen molar-refractivity contribution in [2.45, 2.75) is 26.2 Å². The first-order valence-electron chi connectivity index (χ1n) is 6.25. The van der Waals surface area contributed by atoms with Gasteiger partial charge in [-0.15, -0.1) is 0 Å². The van der Waals surface area contributed by atoms with Crippen molar-refractivity contribution in [2.75, 3.05) is 39.9 Å². The van der Waals surface area contributed by atoms with Gasteiger partial charge in [0.05, 0.1) is 13.2 Å². The van der Waals surface area contributed by atoms with Crippen molar-refractivity contribution in [3.63, 3.8) is 0 Å². The summed E-state index contributed by atoms with van der Waals surface area (Å²) in [5.41, 5.74) is 0. The molecule has 0 radical (unpaired) electrons. The number of carbonyl (C=O) groups is 1. The van der Waals surface area contributed by atoms with Gasteiger partial charge < -0.3 is 15.0 Å². The summed E-state index contributed by atoms with van der Waals surface area (Å²) < 4.78 is 4.91. The molecule has 1 aliphatic rings. The zero-order chi connectivity index (χ0) is 11.8. The zero-order valence-corrected chi connectivity index (χ0v) is 10.5. The number of likely N-dealkylation sites (N-methyl/N-ethyl adjacent to an activating group) is 1. The lowest BCUT2D eigenvalue weighted by Gasteiger charge is -2.31. The number of methoxy groups -OCH3 is 1. The molecule has 0 aromatic heterocycles. The number of rotatable bonds is 8. The Kier molecular flexibility index (Phi) is 6.42. The molecule has 4 heteroatoms. The summed E-state index contributed by atoms with van der Waals surface area (Å²) in [7, 11) is 1.67. The van der Waals surface area contributed by atoms with Crippen molar-refractivity contribution in [3.8, 4) is 0 Å². The third kappa shape index (κ3) is 4.49. The van der Waals surface area contributed by atoms with Crippen LogP contribution in [0.25, 0.3) is 0 Å². The van der Waals surface area contributed by atoms with Crippen molar-refractivity contribution in [2.24, 2.45) is 5.92 Å². The highest BCUT2D eigenvalue weighted by molar-refractivity contribution is 5.78. The van der Waals surface area contributed by atoms with Gasteiger partial charge in [0.2, 0.25) is 5.91 Å². The molecule has 1 N–H and O–H groups in total. The minimum atomic E-state index is 0.213. The Morgan fingerprint density at radius 2 is 2.25 bits per heavy atom. The van der Waals surface area contributed by atoms with Gasteiger partial charge in [0.15, 0.2) is 0 Å². The van der Waals surface area contributed by atoms with Crippen LogP contribution >= 0.6 is 0 Å². The monoisotopic (exact) mass is 228 g/mol. The molecule has 1 amide bonds. The molecule has 0 unspecified atom stereocenters. The van der Waals surface area contributed by atoms with Crippen LogP contribution in [0.5, 0.6) is 0 Å². The van der Waals surface area contributed by atoms with Crippen molar-refractivity contribution in [1.29, 1.82) is 0 Å². The summed E-state index contributed by atoms with van der Waals surface area (Å²) in [5, 5.41) is 3.09. The second-order valence-electron chi connectivity index (χ2n) is 4.40. The van der Waals surface area contributed by atoms with Crippen molar-refractivity contribution in [1.82, 2.24) is 10.2 Å². The Hall–Kier alpha value is -0.610. The largest absolute Gasteiger partial charge is 0.383 e. The van der Waals surface area contributed by atoms with Crippen LogP contribution in [0.4, 0.5) is 0 Å². The van der Waals surface area contributed by atoms with E-state index in [1.165, 1.54) is 19.3 Å². The molecule has 1 aliphatic carbocycles. The van der Waals surface area contributed by atoms with Gasteiger partial charge in [-0.2, -0.15) is 0 Å². The lowest BCUT2D eigenvalue weighted by atomic mass is 9.85. The second-order valence-corrected chi connectivity index (χ2v) is 4.40. The minimum absolute atomic E-state index is 0.213. The normalized spacial score (nSPS) is 15.9. The third-order valence-electron chi connectivity index (χ3n) is 3.20. The highest BCUT2D eigenvalue weighted by atomic mass is 16.5. The van der Waals surface area contributed by atoms with Gasteiger partial charge in [-0.05, 0) is 25.7 Å². The average molecular weight is 228 g/mol. The van der Waals surface area contributed by atoms with Gasteiger partial charge >= 0.3 is 0 Å². The smallest absolute Gasteiger partial charge is 0.236 e. The predicted molar refractivity (Wildman–Crippen MR) is 64.3 cm³/mol. The number of hydrogen-bond donors (Lipinski definition) is 1. The van der Waals surface area contributed by atoms with Gasteiger partial charge in [-0.3, -0.25) is 4.79 Å². The molecule has 0 atom stereocenters. The van der Waals surface area contributed by atoms with Crippen LogP contribution in [0.15, 0.2) is 0 Å². The molecule has 16 heavy (non-hydrogen) atoms. The fourth-order valence-corrected chi connectivity index (χ4v) is 1.88. The molecule has 0 aliphatic heterocycles. The van der Waals surface area contributed by atoms with Crippen LogP contribution in [0.1, 0.15) is 26.2 Å². The molecule has 4 nitrogen and oxygen atoms in total. The van der Waals surface area contributed by atoms with Crippen LogP contribution in [0.2, 0.25) is 0 Å². The van der Waals surface area contributed by atoms with Crippen molar-refractivity contribution >= 4 is 5.91 Å². The molecule has 0 spiro atoms. The topological polar surface area (TPSA) is 41.6 Å². The van der Waals surface area contributed by atoms with E-state index in [4.69, 9.17) is 4.74 Å². The van der Waals surface area contributed by atoms with E-state index in [1.54, 1.807) is 7.11 Å². The Morgan fingerprint density at radius 1 is 1.50 bits per heavy atom. The first-order valence-corrected chi connectivity index (χ1v) is 6.25. The van der Waals surface area contributed by atoms with E-state index in [0.29, 0.717) is 13.2 Å². The maximum atomic E-state index is 11.8. The molecule has 0 aromatic carbocycles. The van der Waals surface area contributed by atoms with Crippen LogP contribution in [0, 0.1) is 5.92 Å². The average Bonchev–Trinajstić information content (AvgIpc) is 2.23. The maximum Gasteiger partial charge on any atom is 0.236 e. The van der Waals surface area contributed by atoms with Gasteiger partial charge in [0.25, 0.3) is 0 Å². The van der Waals surface area contributed by atoms with Crippen LogP contribution < -0.4 is 5.32 Å². The van der Waals surface area contributed by atoms with Gasteiger partial charge in [0.1, 0.15) is 0 Å². The highest BCUT2D eigenvalue weighted by Crippen LogP contribution is 2.26. The lowest BCUT2D eigenvalue weighted by molar-refractivity contribution is -0.131. The second kappa shape index (κ2) is 7.63. The third-order valence-corrected chi connectivity index (χ3v) is 3.20. The van der Waals surface area contributed by atoms with E-state index in [0.717, 1.165) is 25.6 Å². The predicted octanol–water partition coefficient (Wildman–Crippen LogP) is 0.871. The van der Waals surface area contributed by atoms with Gasteiger partial charge in [-0.25, -0.2) is 0 Å². The summed E-state index contributed by atoms with van der Waals surface area (Å²) in [5.74, 6) is 0.966. The van der Waals surface area contributed by atoms with Crippen molar-refractivity contribution < 1.29 is 9.53 Å². The number of ether oxygens (including phenoxy) is 1. The van der Waals surface area contributed by atoms with E-state index in [-0.39, 0.29) is 5.91 Å². The van der Waals surface area contributed by atoms with E-state index in [1.807, 2.05) is 11.8 Å². The van der Waals surface area contributed by atoms with Crippen LogP contribution in [-0.2, 0) is 9.53 Å². The summed E-state index contributed by atoms with van der Waals surface area (Å²) in [6.45, 7) is 5.64. The summed E-state index contributed by atoms with van der Waals surface area (Å²) in [6, 6.07) is 0. The molecule has 0 aromatic rings. The molecule has 0 saturated heterocycles. The fraction of sp³-hybridized carbons (Fsp3) is 0.917. The standard InChI is InChI=1S/C12H24N2O2/c1-3-14(10-11-5-4-6-11)12(15)9-13-7-8-16-2/h11,13H,3-10H2,1-2H3. The van der Waals surface area contributed by atoms with Crippen molar-refractivity contribution in [3.05, 3.63) is 0 Å². The van der Waals surface area contributed by atoms with E-state index >= 15 is 0 Å². The highest BCUT2D eigenvalue weighted by Gasteiger charge is 2.22. The summed E-state index contributed by atoms with van der Waals surface area (Å²) >= 11 is 0. The molecule has 0 heterocycles. The molecule has 94 valence electrons. The maximum absolute atomic E-state index is 11.8. The van der Waals surface area contributed by atoms with E-state index < -0.39 is 0 Å². The Labute approximate surface area is 98.3 Å². The van der Waals surface area contributed by atoms with E-state index in [2.05, 4.69) is 5.32 Å². The molecule has 1 fully saturated rings. The first kappa shape index (κ1) is 13.5. The molecule has 1 saturated carbocycles.